The zero-order valence-electron chi connectivity index (χ0n) is 13.3. The molecule has 2 unspecified atom stereocenters. The van der Waals surface area contributed by atoms with Crippen molar-refractivity contribution in [2.45, 2.75) is 40.2 Å². The van der Waals surface area contributed by atoms with Crippen molar-refractivity contribution in [3.63, 3.8) is 0 Å². The molecule has 1 aromatic rings. The predicted octanol–water partition coefficient (Wildman–Crippen LogP) is 3.79. The average molecular weight is 277 g/mol. The summed E-state index contributed by atoms with van der Waals surface area (Å²) in [5, 5.41) is 3.43. The smallest absolute Gasteiger partial charge is 0.161 e. The van der Waals surface area contributed by atoms with Crippen LogP contribution in [0.4, 0.5) is 0 Å². The average Bonchev–Trinajstić information content (AvgIpc) is 2.43. The van der Waals surface area contributed by atoms with Crippen molar-refractivity contribution in [2.24, 2.45) is 11.3 Å². The molecule has 0 saturated heterocycles. The van der Waals surface area contributed by atoms with Gasteiger partial charge in [-0.15, -0.1) is 0 Å². The molecule has 20 heavy (non-hydrogen) atoms. The highest BCUT2D eigenvalue weighted by atomic mass is 16.6. The van der Waals surface area contributed by atoms with Crippen molar-refractivity contribution in [1.29, 1.82) is 0 Å². The molecule has 1 heterocycles. The first kappa shape index (κ1) is 15.2. The summed E-state index contributed by atoms with van der Waals surface area (Å²) >= 11 is 0. The highest BCUT2D eigenvalue weighted by Crippen LogP contribution is 2.37. The van der Waals surface area contributed by atoms with Gasteiger partial charge >= 0.3 is 0 Å². The molecule has 112 valence electrons. The molecule has 0 bridgehead atoms. The first-order chi connectivity index (χ1) is 9.41. The van der Waals surface area contributed by atoms with Crippen LogP contribution in [0.2, 0.25) is 0 Å². The van der Waals surface area contributed by atoms with Crippen LogP contribution in [0.15, 0.2) is 18.2 Å². The van der Waals surface area contributed by atoms with Crippen molar-refractivity contribution in [3.05, 3.63) is 23.8 Å². The maximum absolute atomic E-state index is 5.68. The van der Waals surface area contributed by atoms with E-state index in [1.165, 1.54) is 5.56 Å². The molecular formula is C17H27NO2. The van der Waals surface area contributed by atoms with E-state index in [-0.39, 0.29) is 0 Å². The third-order valence-corrected chi connectivity index (χ3v) is 4.38. The van der Waals surface area contributed by atoms with E-state index in [1.807, 2.05) is 13.1 Å². The fraction of sp³-hybridized carbons (Fsp3) is 0.647. The minimum absolute atomic E-state index is 0.322. The summed E-state index contributed by atoms with van der Waals surface area (Å²) in [7, 11) is 2.02. The summed E-state index contributed by atoms with van der Waals surface area (Å²) in [6.07, 6.45) is 1.11. The van der Waals surface area contributed by atoms with Crippen LogP contribution < -0.4 is 14.8 Å². The first-order valence-electron chi connectivity index (χ1n) is 7.48. The standard InChI is InChI=1S/C17H27NO2/c1-12(17(2,3)4)10-14(18-5)13-6-7-15-16(11-13)20-9-8-19-15/h6-7,11-12,14,18H,8-10H2,1-5H3. The van der Waals surface area contributed by atoms with E-state index in [4.69, 9.17) is 9.47 Å². The van der Waals surface area contributed by atoms with E-state index in [0.29, 0.717) is 30.6 Å². The molecular weight excluding hydrogens is 250 g/mol. The van der Waals surface area contributed by atoms with Crippen LogP contribution in [0.3, 0.4) is 0 Å². The maximum Gasteiger partial charge on any atom is 0.161 e. The molecule has 0 aliphatic carbocycles. The highest BCUT2D eigenvalue weighted by Gasteiger charge is 2.24. The van der Waals surface area contributed by atoms with E-state index in [0.717, 1.165) is 17.9 Å². The Morgan fingerprint density at radius 3 is 2.40 bits per heavy atom. The number of fused-ring (bicyclic) bond motifs is 1. The van der Waals surface area contributed by atoms with Crippen molar-refractivity contribution < 1.29 is 9.47 Å². The zero-order chi connectivity index (χ0) is 14.8. The van der Waals surface area contributed by atoms with E-state index < -0.39 is 0 Å². The van der Waals surface area contributed by atoms with Gasteiger partial charge in [0.1, 0.15) is 13.2 Å². The topological polar surface area (TPSA) is 30.5 Å². The number of nitrogens with one attached hydrogen (secondary N) is 1. The Morgan fingerprint density at radius 2 is 1.80 bits per heavy atom. The third-order valence-electron chi connectivity index (χ3n) is 4.38. The van der Waals surface area contributed by atoms with Crippen LogP contribution in [0.1, 0.15) is 45.7 Å². The Morgan fingerprint density at radius 1 is 1.15 bits per heavy atom. The van der Waals surface area contributed by atoms with Crippen LogP contribution in [0, 0.1) is 11.3 Å². The van der Waals surface area contributed by atoms with Gasteiger partial charge in [0.2, 0.25) is 0 Å². The molecule has 0 aromatic heterocycles. The fourth-order valence-electron chi connectivity index (χ4n) is 2.40. The normalized spacial score (nSPS) is 17.6. The van der Waals surface area contributed by atoms with Crippen molar-refractivity contribution in [2.75, 3.05) is 20.3 Å². The lowest BCUT2D eigenvalue weighted by molar-refractivity contribution is 0.171. The Hall–Kier alpha value is -1.22. The Kier molecular flexibility index (Phi) is 4.59. The molecule has 0 amide bonds. The van der Waals surface area contributed by atoms with Gasteiger partial charge in [0.25, 0.3) is 0 Å². The van der Waals surface area contributed by atoms with E-state index in [9.17, 15) is 0 Å². The molecule has 1 aromatic carbocycles. The van der Waals surface area contributed by atoms with Crippen LogP contribution in [-0.4, -0.2) is 20.3 Å². The van der Waals surface area contributed by atoms with E-state index in [1.54, 1.807) is 0 Å². The number of hydrogen-bond acceptors (Lipinski definition) is 3. The van der Waals surface area contributed by atoms with Crippen LogP contribution in [0.5, 0.6) is 11.5 Å². The highest BCUT2D eigenvalue weighted by molar-refractivity contribution is 5.44. The number of ether oxygens (including phenoxy) is 2. The molecule has 1 aliphatic rings. The summed E-state index contributed by atoms with van der Waals surface area (Å²) in [4.78, 5) is 0. The monoisotopic (exact) mass is 277 g/mol. The molecule has 0 radical (unpaired) electrons. The molecule has 0 fully saturated rings. The second-order valence-corrected chi connectivity index (χ2v) is 6.75. The van der Waals surface area contributed by atoms with Gasteiger partial charge in [-0.1, -0.05) is 33.8 Å². The molecule has 1 aliphatic heterocycles. The summed E-state index contributed by atoms with van der Waals surface area (Å²) in [6, 6.07) is 6.63. The lowest BCUT2D eigenvalue weighted by Gasteiger charge is -2.31. The quantitative estimate of drug-likeness (QED) is 0.908. The molecule has 0 saturated carbocycles. The lowest BCUT2D eigenvalue weighted by Crippen LogP contribution is -2.25. The zero-order valence-corrected chi connectivity index (χ0v) is 13.3. The van der Waals surface area contributed by atoms with Crippen LogP contribution in [-0.2, 0) is 0 Å². The Bertz CT molecular complexity index is 451. The van der Waals surface area contributed by atoms with Crippen LogP contribution in [0.25, 0.3) is 0 Å². The van der Waals surface area contributed by atoms with Gasteiger partial charge in [-0.3, -0.25) is 0 Å². The first-order valence-corrected chi connectivity index (χ1v) is 7.48. The van der Waals surface area contributed by atoms with Gasteiger partial charge in [0.05, 0.1) is 0 Å². The Balaban J connectivity index is 2.15. The second-order valence-electron chi connectivity index (χ2n) is 6.75. The van der Waals surface area contributed by atoms with E-state index in [2.05, 4.69) is 45.1 Å². The largest absolute Gasteiger partial charge is 0.486 e. The van der Waals surface area contributed by atoms with Gasteiger partial charge in [-0.05, 0) is 42.5 Å². The maximum atomic E-state index is 5.68. The molecule has 3 nitrogen and oxygen atoms in total. The number of hydrogen-bond donors (Lipinski definition) is 1. The molecule has 1 N–H and O–H groups in total. The molecule has 0 spiro atoms. The van der Waals surface area contributed by atoms with Gasteiger partial charge < -0.3 is 14.8 Å². The summed E-state index contributed by atoms with van der Waals surface area (Å²) in [5.74, 6) is 2.37. The van der Waals surface area contributed by atoms with E-state index >= 15 is 0 Å². The minimum atomic E-state index is 0.322. The van der Waals surface area contributed by atoms with Crippen LogP contribution >= 0.6 is 0 Å². The molecule has 2 rings (SSSR count). The van der Waals surface area contributed by atoms with Gasteiger partial charge in [-0.2, -0.15) is 0 Å². The summed E-state index contributed by atoms with van der Waals surface area (Å²) < 4.78 is 11.3. The lowest BCUT2D eigenvalue weighted by atomic mass is 9.77. The fourth-order valence-corrected chi connectivity index (χ4v) is 2.40. The molecule has 2 atom stereocenters. The predicted molar refractivity (Wildman–Crippen MR) is 82.5 cm³/mol. The summed E-state index contributed by atoms with van der Waals surface area (Å²) in [6.45, 7) is 10.5. The Labute approximate surface area is 122 Å². The molecule has 3 heteroatoms. The van der Waals surface area contributed by atoms with Gasteiger partial charge in [0.15, 0.2) is 11.5 Å². The number of rotatable bonds is 4. The minimum Gasteiger partial charge on any atom is -0.486 e. The van der Waals surface area contributed by atoms with Crippen molar-refractivity contribution in [3.8, 4) is 11.5 Å². The SMILES string of the molecule is CNC(CC(C)C(C)(C)C)c1ccc2c(c1)OCCO2. The van der Waals surface area contributed by atoms with Gasteiger partial charge in [0, 0.05) is 6.04 Å². The number of benzene rings is 1. The summed E-state index contributed by atoms with van der Waals surface area (Å²) in [5.41, 5.74) is 1.59. The van der Waals surface area contributed by atoms with Crippen molar-refractivity contribution in [1.82, 2.24) is 5.32 Å². The van der Waals surface area contributed by atoms with Gasteiger partial charge in [-0.25, -0.2) is 0 Å². The third kappa shape index (κ3) is 3.45. The second kappa shape index (κ2) is 6.04. The van der Waals surface area contributed by atoms with Crippen molar-refractivity contribution >= 4 is 0 Å².